The Kier molecular flexibility index (Phi) is 6.72. The number of imidazole rings is 1. The number of carboxylic acid groups (broad SMARTS) is 1. The van der Waals surface area contributed by atoms with Crippen molar-refractivity contribution in [3.8, 4) is 17.1 Å². The Morgan fingerprint density at radius 1 is 1.12 bits per heavy atom. The van der Waals surface area contributed by atoms with Gasteiger partial charge in [-0.15, -0.1) is 0 Å². The van der Waals surface area contributed by atoms with Gasteiger partial charge in [-0.1, -0.05) is 6.07 Å². The van der Waals surface area contributed by atoms with Crippen LogP contribution < -0.4 is 4.74 Å². The van der Waals surface area contributed by atoms with Crippen molar-refractivity contribution in [2.45, 2.75) is 32.1 Å². The molecule has 5 aromatic rings. The van der Waals surface area contributed by atoms with Crippen LogP contribution in [0.15, 0.2) is 60.8 Å². The molecule has 1 aliphatic heterocycles. The molecule has 1 fully saturated rings. The molecular formula is C29H25F2N5O4. The molecule has 0 bridgehead atoms. The molecule has 6 rings (SSSR count). The van der Waals surface area contributed by atoms with Gasteiger partial charge in [0.15, 0.2) is 0 Å². The predicted molar refractivity (Wildman–Crippen MR) is 141 cm³/mol. The Bertz CT molecular complexity index is 1730. The maximum absolute atomic E-state index is 15.4. The van der Waals surface area contributed by atoms with Gasteiger partial charge in [0.2, 0.25) is 5.88 Å². The predicted octanol–water partition coefficient (Wildman–Crippen LogP) is 4.77. The van der Waals surface area contributed by atoms with Crippen molar-refractivity contribution in [1.29, 1.82) is 0 Å². The van der Waals surface area contributed by atoms with Gasteiger partial charge in [-0.05, 0) is 54.4 Å². The molecule has 0 saturated carbocycles. The van der Waals surface area contributed by atoms with Crippen molar-refractivity contribution < 1.29 is 28.2 Å². The topological polar surface area (TPSA) is 104 Å². The van der Waals surface area contributed by atoms with Crippen LogP contribution in [0.1, 0.15) is 33.9 Å². The highest BCUT2D eigenvalue weighted by atomic mass is 19.1. The third kappa shape index (κ3) is 5.03. The molecular weight excluding hydrogens is 520 g/mol. The number of carboxylic acids is 1. The number of rotatable bonds is 9. The quantitative estimate of drug-likeness (QED) is 0.285. The monoisotopic (exact) mass is 545 g/mol. The Morgan fingerprint density at radius 3 is 2.70 bits per heavy atom. The van der Waals surface area contributed by atoms with Gasteiger partial charge >= 0.3 is 5.97 Å². The first kappa shape index (κ1) is 25.6. The molecule has 1 aliphatic rings. The van der Waals surface area contributed by atoms with Crippen LogP contribution in [0.3, 0.4) is 0 Å². The van der Waals surface area contributed by atoms with E-state index >= 15 is 8.78 Å². The molecule has 1 saturated heterocycles. The standard InChI is InChI=1S/C29H25F2N5O4/c1-35-19(7-9-32-35)16-40-28-4-2-3-24(34-28)21-14-22(30)18(11-23(21)31)13-27-33-25-6-5-17(29(37)38)12-26(25)36(27)15-20-8-10-39-20/h2-7,9,11-12,14,20H,8,10,13,15-16H2,1H3,(H,37,38)/t20-/m0/s1. The van der Waals surface area contributed by atoms with E-state index in [9.17, 15) is 9.90 Å². The lowest BCUT2D eigenvalue weighted by molar-refractivity contribution is -0.0589. The number of pyridine rings is 1. The van der Waals surface area contributed by atoms with Crippen LogP contribution in [0.2, 0.25) is 0 Å². The number of aromatic nitrogens is 5. The summed E-state index contributed by atoms with van der Waals surface area (Å²) in [5.74, 6) is -1.53. The number of carbonyl (C=O) groups is 1. The molecule has 1 N–H and O–H groups in total. The van der Waals surface area contributed by atoms with Crippen molar-refractivity contribution in [1.82, 2.24) is 24.3 Å². The Labute approximate surface area is 227 Å². The van der Waals surface area contributed by atoms with Crippen LogP contribution in [0, 0.1) is 11.6 Å². The molecule has 0 aliphatic carbocycles. The number of benzene rings is 2. The van der Waals surface area contributed by atoms with Crippen LogP contribution in [-0.4, -0.2) is 48.1 Å². The lowest BCUT2D eigenvalue weighted by Gasteiger charge is -2.27. The SMILES string of the molecule is Cn1nccc1COc1cccc(-c2cc(F)c(Cc3nc4ccc(C(=O)O)cc4n3C[C@@H]3CCO3)cc2F)n1. The summed E-state index contributed by atoms with van der Waals surface area (Å²) >= 11 is 0. The summed E-state index contributed by atoms with van der Waals surface area (Å²) in [4.78, 5) is 20.5. The lowest BCUT2D eigenvalue weighted by Crippen LogP contribution is -2.31. The average Bonchev–Trinajstić information content (AvgIpc) is 3.48. The van der Waals surface area contributed by atoms with Crippen LogP contribution in [-0.2, 0) is 31.4 Å². The van der Waals surface area contributed by atoms with Crippen LogP contribution in [0.5, 0.6) is 5.88 Å². The highest BCUT2D eigenvalue weighted by molar-refractivity contribution is 5.92. The molecule has 4 heterocycles. The van der Waals surface area contributed by atoms with E-state index in [1.54, 1.807) is 48.3 Å². The number of fused-ring (bicyclic) bond motifs is 1. The number of hydrogen-bond donors (Lipinski definition) is 1. The van der Waals surface area contributed by atoms with Gasteiger partial charge in [-0.2, -0.15) is 5.10 Å². The highest BCUT2D eigenvalue weighted by Crippen LogP contribution is 2.29. The number of aryl methyl sites for hydroxylation is 1. The van der Waals surface area contributed by atoms with E-state index in [0.717, 1.165) is 24.2 Å². The van der Waals surface area contributed by atoms with E-state index in [2.05, 4.69) is 15.1 Å². The average molecular weight is 546 g/mol. The first-order valence-corrected chi connectivity index (χ1v) is 12.7. The number of aromatic carboxylic acids is 1. The van der Waals surface area contributed by atoms with Gasteiger partial charge in [0.1, 0.15) is 24.1 Å². The third-order valence-corrected chi connectivity index (χ3v) is 7.03. The summed E-state index contributed by atoms with van der Waals surface area (Å²) in [5.41, 5.74) is 2.50. The van der Waals surface area contributed by atoms with Gasteiger partial charge in [-0.25, -0.2) is 23.5 Å². The second-order valence-corrected chi connectivity index (χ2v) is 9.62. The lowest BCUT2D eigenvalue weighted by atomic mass is 10.0. The third-order valence-electron chi connectivity index (χ3n) is 7.03. The summed E-state index contributed by atoms with van der Waals surface area (Å²) in [7, 11) is 1.80. The Hall–Kier alpha value is -4.64. The highest BCUT2D eigenvalue weighted by Gasteiger charge is 2.23. The summed E-state index contributed by atoms with van der Waals surface area (Å²) < 4.78 is 45.6. The first-order chi connectivity index (χ1) is 19.4. The molecule has 40 heavy (non-hydrogen) atoms. The molecule has 0 amide bonds. The normalized spacial score (nSPS) is 14.8. The fourth-order valence-corrected chi connectivity index (χ4v) is 4.70. The van der Waals surface area contributed by atoms with Crippen molar-refractivity contribution in [2.75, 3.05) is 6.61 Å². The number of ether oxygens (including phenoxy) is 2. The minimum absolute atomic E-state index is 0.00805. The molecule has 0 spiro atoms. The molecule has 204 valence electrons. The van der Waals surface area contributed by atoms with E-state index < -0.39 is 17.6 Å². The summed E-state index contributed by atoms with van der Waals surface area (Å²) in [6.45, 7) is 1.31. The molecule has 2 aromatic carbocycles. The van der Waals surface area contributed by atoms with E-state index in [-0.39, 0.29) is 47.4 Å². The summed E-state index contributed by atoms with van der Waals surface area (Å²) in [5, 5.41) is 13.5. The fraction of sp³-hybridized carbons (Fsp3) is 0.241. The van der Waals surface area contributed by atoms with Crippen molar-refractivity contribution in [3.63, 3.8) is 0 Å². The Morgan fingerprint density at radius 2 is 1.98 bits per heavy atom. The van der Waals surface area contributed by atoms with Gasteiger partial charge in [0.25, 0.3) is 0 Å². The number of nitrogens with zero attached hydrogens (tertiary/aromatic N) is 5. The van der Waals surface area contributed by atoms with Crippen LogP contribution >= 0.6 is 0 Å². The minimum atomic E-state index is -1.06. The number of halogens is 2. The molecule has 9 nitrogen and oxygen atoms in total. The second kappa shape index (κ2) is 10.5. The van der Waals surface area contributed by atoms with E-state index in [1.807, 2.05) is 10.6 Å². The largest absolute Gasteiger partial charge is 0.478 e. The van der Waals surface area contributed by atoms with E-state index in [0.29, 0.717) is 30.0 Å². The fourth-order valence-electron chi connectivity index (χ4n) is 4.70. The van der Waals surface area contributed by atoms with Crippen LogP contribution in [0.25, 0.3) is 22.3 Å². The van der Waals surface area contributed by atoms with Gasteiger partial charge in [0.05, 0.1) is 40.6 Å². The molecule has 0 unspecified atom stereocenters. The Balaban J connectivity index is 1.29. The smallest absolute Gasteiger partial charge is 0.335 e. The van der Waals surface area contributed by atoms with E-state index in [4.69, 9.17) is 9.47 Å². The summed E-state index contributed by atoms with van der Waals surface area (Å²) in [6.07, 6.45) is 2.47. The van der Waals surface area contributed by atoms with Crippen molar-refractivity contribution >= 4 is 17.0 Å². The van der Waals surface area contributed by atoms with Crippen molar-refractivity contribution in [2.24, 2.45) is 7.05 Å². The molecule has 11 heteroatoms. The molecule has 1 atom stereocenters. The number of hydrogen-bond acceptors (Lipinski definition) is 6. The van der Waals surface area contributed by atoms with E-state index in [1.165, 1.54) is 6.07 Å². The first-order valence-electron chi connectivity index (χ1n) is 12.7. The molecule has 3 aromatic heterocycles. The van der Waals surface area contributed by atoms with Gasteiger partial charge < -0.3 is 19.1 Å². The molecule has 0 radical (unpaired) electrons. The maximum Gasteiger partial charge on any atom is 0.335 e. The van der Waals surface area contributed by atoms with Gasteiger partial charge in [0, 0.05) is 37.9 Å². The van der Waals surface area contributed by atoms with Crippen LogP contribution in [0.4, 0.5) is 8.78 Å². The second-order valence-electron chi connectivity index (χ2n) is 9.62. The minimum Gasteiger partial charge on any atom is -0.478 e. The maximum atomic E-state index is 15.4. The van der Waals surface area contributed by atoms with Gasteiger partial charge in [-0.3, -0.25) is 4.68 Å². The van der Waals surface area contributed by atoms with Crippen molar-refractivity contribution in [3.05, 3.63) is 95.1 Å². The zero-order valence-corrected chi connectivity index (χ0v) is 21.6. The zero-order chi connectivity index (χ0) is 27.8. The summed E-state index contributed by atoms with van der Waals surface area (Å²) in [6, 6.07) is 13.6. The zero-order valence-electron chi connectivity index (χ0n) is 21.6.